The lowest BCUT2D eigenvalue weighted by Gasteiger charge is -2.34. The molecule has 2 rings (SSSR count). The van der Waals surface area contributed by atoms with Crippen molar-refractivity contribution in [1.82, 2.24) is 15.0 Å². The number of rotatable bonds is 3. The molecule has 2 amide bonds. The van der Waals surface area contributed by atoms with E-state index in [9.17, 15) is 4.79 Å². The van der Waals surface area contributed by atoms with E-state index in [1.54, 1.807) is 4.90 Å². The van der Waals surface area contributed by atoms with E-state index in [1.807, 2.05) is 13.8 Å². The molecule has 1 unspecified atom stereocenters. The average Bonchev–Trinajstić information content (AvgIpc) is 2.86. The Morgan fingerprint density at radius 1 is 1.56 bits per heavy atom. The highest BCUT2D eigenvalue weighted by Gasteiger charge is 2.26. The Morgan fingerprint density at radius 3 is 3.06 bits per heavy atom. The van der Waals surface area contributed by atoms with Gasteiger partial charge in [0.25, 0.3) is 0 Å². The summed E-state index contributed by atoms with van der Waals surface area (Å²) in [6.07, 6.45) is 1.53. The van der Waals surface area contributed by atoms with Gasteiger partial charge in [-0.1, -0.05) is 19.0 Å². The van der Waals surface area contributed by atoms with Crippen LogP contribution in [0.15, 0.2) is 4.52 Å². The Bertz CT molecular complexity index is 407. The van der Waals surface area contributed by atoms with E-state index < -0.39 is 0 Å². The topological polar surface area (TPSA) is 80.5 Å². The quantitative estimate of drug-likeness (QED) is 0.878. The molecular formula is C11H18N4O3. The van der Waals surface area contributed by atoms with Crippen LogP contribution in [0.3, 0.4) is 0 Å². The first-order valence-electron chi connectivity index (χ1n) is 6.22. The largest absolute Gasteiger partial charge is 0.377 e. The van der Waals surface area contributed by atoms with Gasteiger partial charge in [-0.25, -0.2) is 4.79 Å². The number of carbonyl (C=O) groups is 1. The third-order valence-corrected chi connectivity index (χ3v) is 2.96. The summed E-state index contributed by atoms with van der Waals surface area (Å²) < 4.78 is 10.3. The molecule has 1 aromatic heterocycles. The van der Waals surface area contributed by atoms with Crippen LogP contribution in [0.25, 0.3) is 0 Å². The molecule has 0 spiro atoms. The van der Waals surface area contributed by atoms with Crippen LogP contribution in [0.5, 0.6) is 0 Å². The number of urea groups is 1. The van der Waals surface area contributed by atoms with E-state index in [0.717, 1.165) is 6.42 Å². The predicted molar refractivity (Wildman–Crippen MR) is 64.3 cm³/mol. The smallest absolute Gasteiger partial charge is 0.329 e. The van der Waals surface area contributed by atoms with E-state index >= 15 is 0 Å². The van der Waals surface area contributed by atoms with Crippen LogP contribution >= 0.6 is 0 Å². The number of morpholine rings is 1. The number of aryl methyl sites for hydroxylation is 1. The molecule has 2 heterocycles. The number of hydrogen-bond donors (Lipinski definition) is 1. The van der Waals surface area contributed by atoms with Crippen molar-refractivity contribution >= 4 is 12.0 Å². The van der Waals surface area contributed by atoms with Crippen LogP contribution in [0.4, 0.5) is 10.8 Å². The highest BCUT2D eigenvalue weighted by Crippen LogP contribution is 2.13. The molecule has 1 aromatic rings. The van der Waals surface area contributed by atoms with Crippen LogP contribution in [-0.2, 0) is 11.2 Å². The summed E-state index contributed by atoms with van der Waals surface area (Å²) in [4.78, 5) is 17.9. The number of nitrogens with one attached hydrogen (secondary N) is 1. The van der Waals surface area contributed by atoms with Crippen molar-refractivity contribution in [3.05, 3.63) is 5.82 Å². The van der Waals surface area contributed by atoms with Crippen molar-refractivity contribution in [2.24, 2.45) is 0 Å². The highest BCUT2D eigenvalue weighted by molar-refractivity contribution is 5.87. The fourth-order valence-electron chi connectivity index (χ4n) is 1.87. The maximum absolute atomic E-state index is 12.1. The molecule has 0 bridgehead atoms. The number of amides is 2. The van der Waals surface area contributed by atoms with Crippen LogP contribution in [-0.4, -0.2) is 46.9 Å². The van der Waals surface area contributed by atoms with E-state index in [1.165, 1.54) is 0 Å². The second-order valence-electron chi connectivity index (χ2n) is 4.13. The molecule has 18 heavy (non-hydrogen) atoms. The van der Waals surface area contributed by atoms with E-state index in [4.69, 9.17) is 9.26 Å². The molecule has 1 N–H and O–H groups in total. The SMILES string of the molecule is CCc1noc(NC(=O)N2CCOCC2CC)n1. The Morgan fingerprint density at radius 2 is 2.39 bits per heavy atom. The van der Waals surface area contributed by atoms with Gasteiger partial charge in [0.2, 0.25) is 0 Å². The fourth-order valence-corrected chi connectivity index (χ4v) is 1.87. The number of nitrogens with zero attached hydrogens (tertiary/aromatic N) is 3. The van der Waals surface area contributed by atoms with Crippen molar-refractivity contribution in [1.29, 1.82) is 0 Å². The lowest BCUT2D eigenvalue weighted by Crippen LogP contribution is -2.50. The Labute approximate surface area is 105 Å². The second kappa shape index (κ2) is 5.81. The fraction of sp³-hybridized carbons (Fsp3) is 0.727. The molecule has 1 atom stereocenters. The van der Waals surface area contributed by atoms with Crippen LogP contribution in [0.1, 0.15) is 26.1 Å². The molecule has 0 aliphatic carbocycles. The van der Waals surface area contributed by atoms with Crippen molar-refractivity contribution < 1.29 is 14.1 Å². The van der Waals surface area contributed by atoms with E-state index in [-0.39, 0.29) is 18.1 Å². The van der Waals surface area contributed by atoms with E-state index in [2.05, 4.69) is 15.5 Å². The molecule has 100 valence electrons. The van der Waals surface area contributed by atoms with Crippen molar-refractivity contribution in [3.63, 3.8) is 0 Å². The van der Waals surface area contributed by atoms with Gasteiger partial charge in [-0.2, -0.15) is 4.98 Å². The average molecular weight is 254 g/mol. The molecule has 7 heteroatoms. The van der Waals surface area contributed by atoms with E-state index in [0.29, 0.717) is 32.0 Å². The monoisotopic (exact) mass is 254 g/mol. The lowest BCUT2D eigenvalue weighted by atomic mass is 10.2. The zero-order chi connectivity index (χ0) is 13.0. The van der Waals surface area contributed by atoms with Gasteiger partial charge in [0.1, 0.15) is 0 Å². The molecule has 1 aliphatic rings. The molecule has 1 aliphatic heterocycles. The summed E-state index contributed by atoms with van der Waals surface area (Å²) in [5.74, 6) is 0.583. The Kier molecular flexibility index (Phi) is 4.14. The number of hydrogen-bond acceptors (Lipinski definition) is 5. The summed E-state index contributed by atoms with van der Waals surface area (Å²) in [5.41, 5.74) is 0. The summed E-state index contributed by atoms with van der Waals surface area (Å²) >= 11 is 0. The zero-order valence-electron chi connectivity index (χ0n) is 10.7. The van der Waals surface area contributed by atoms with Gasteiger partial charge in [-0.3, -0.25) is 5.32 Å². The third kappa shape index (κ3) is 2.79. The molecule has 0 saturated carbocycles. The van der Waals surface area contributed by atoms with Crippen molar-refractivity contribution in [2.45, 2.75) is 32.7 Å². The first kappa shape index (κ1) is 12.8. The number of carbonyl (C=O) groups excluding carboxylic acids is 1. The first-order chi connectivity index (χ1) is 8.74. The molecule has 1 fully saturated rings. The van der Waals surface area contributed by atoms with Crippen LogP contribution in [0, 0.1) is 0 Å². The van der Waals surface area contributed by atoms with Gasteiger partial charge < -0.3 is 14.2 Å². The minimum Gasteiger partial charge on any atom is -0.377 e. The highest BCUT2D eigenvalue weighted by atomic mass is 16.5. The summed E-state index contributed by atoms with van der Waals surface area (Å²) in [6, 6.07) is 0.0435. The maximum Gasteiger partial charge on any atom is 0.329 e. The summed E-state index contributed by atoms with van der Waals surface area (Å²) in [6.45, 7) is 5.67. The first-order valence-corrected chi connectivity index (χ1v) is 6.22. The molecule has 0 aromatic carbocycles. The summed E-state index contributed by atoms with van der Waals surface area (Å²) in [7, 11) is 0. The van der Waals surface area contributed by atoms with Gasteiger partial charge in [0.05, 0.1) is 19.3 Å². The predicted octanol–water partition coefficient (Wildman–Crippen LogP) is 1.27. The maximum atomic E-state index is 12.1. The summed E-state index contributed by atoms with van der Waals surface area (Å²) in [5, 5.41) is 6.35. The van der Waals surface area contributed by atoms with Gasteiger partial charge in [-0.15, -0.1) is 0 Å². The van der Waals surface area contributed by atoms with Gasteiger partial charge in [0, 0.05) is 13.0 Å². The Hall–Kier alpha value is -1.63. The molecule has 1 saturated heterocycles. The lowest BCUT2D eigenvalue weighted by molar-refractivity contribution is 0.0142. The normalized spacial score (nSPS) is 19.9. The minimum absolute atomic E-state index is 0.104. The van der Waals surface area contributed by atoms with Crippen LogP contribution < -0.4 is 5.32 Å². The minimum atomic E-state index is -0.212. The van der Waals surface area contributed by atoms with Gasteiger partial charge in [0.15, 0.2) is 5.82 Å². The van der Waals surface area contributed by atoms with Gasteiger partial charge in [-0.05, 0) is 6.42 Å². The molecular weight excluding hydrogens is 236 g/mol. The van der Waals surface area contributed by atoms with Gasteiger partial charge >= 0.3 is 12.0 Å². The number of ether oxygens (including phenoxy) is 1. The molecule has 7 nitrogen and oxygen atoms in total. The van der Waals surface area contributed by atoms with Crippen LogP contribution in [0.2, 0.25) is 0 Å². The number of aromatic nitrogens is 2. The zero-order valence-corrected chi connectivity index (χ0v) is 10.7. The second-order valence-corrected chi connectivity index (χ2v) is 4.13. The standard InChI is InChI=1S/C11H18N4O3/c1-3-8-7-17-6-5-15(8)11(16)13-10-12-9(4-2)14-18-10/h8H,3-7H2,1-2H3,(H,12,13,14,16). The Balaban J connectivity index is 1.97. The number of anilines is 1. The van der Waals surface area contributed by atoms with Crippen molar-refractivity contribution in [2.75, 3.05) is 25.1 Å². The van der Waals surface area contributed by atoms with Crippen molar-refractivity contribution in [3.8, 4) is 0 Å². The molecule has 0 radical (unpaired) electrons. The third-order valence-electron chi connectivity index (χ3n) is 2.96.